The molecule has 0 aliphatic carbocycles. The first-order valence-corrected chi connectivity index (χ1v) is 10.8. The van der Waals surface area contributed by atoms with Gasteiger partial charge in [0, 0.05) is 23.9 Å². The summed E-state index contributed by atoms with van der Waals surface area (Å²) >= 11 is 0. The molecule has 0 bridgehead atoms. The number of unbranched alkanes of at least 4 members (excludes halogenated alkanes) is 7. The van der Waals surface area contributed by atoms with E-state index in [4.69, 9.17) is 0 Å². The molecule has 5 nitrogen and oxygen atoms in total. The lowest BCUT2D eigenvalue weighted by Gasteiger charge is -2.17. The molecular weight excluding hydrogens is 390 g/mol. The smallest absolute Gasteiger partial charge is 0.395 e. The number of nitrogens with zero attached hydrogens (tertiary/aromatic N) is 2. The van der Waals surface area contributed by atoms with Gasteiger partial charge in [-0.15, -0.1) is 8.78 Å². The highest BCUT2D eigenvalue weighted by atomic mass is 19.3. The van der Waals surface area contributed by atoms with Crippen molar-refractivity contribution < 1.29 is 23.4 Å². The van der Waals surface area contributed by atoms with Crippen LogP contribution in [0.2, 0.25) is 0 Å². The highest BCUT2D eigenvalue weighted by Crippen LogP contribution is 2.43. The van der Waals surface area contributed by atoms with E-state index in [1.165, 1.54) is 44.6 Å². The molecule has 0 spiro atoms. The fraction of sp³-hybridized carbons (Fsp3) is 0.565. The summed E-state index contributed by atoms with van der Waals surface area (Å²) in [5.74, 6) is 0.540. The molecule has 1 aliphatic rings. The Labute approximate surface area is 176 Å². The van der Waals surface area contributed by atoms with E-state index < -0.39 is 6.29 Å². The molecule has 2 aromatic rings. The molecule has 0 amide bonds. The number of rotatable bonds is 12. The predicted octanol–water partition coefficient (Wildman–Crippen LogP) is 5.95. The van der Waals surface area contributed by atoms with E-state index in [1.807, 2.05) is 0 Å². The molecule has 1 aliphatic heterocycles. The van der Waals surface area contributed by atoms with Gasteiger partial charge in [0.2, 0.25) is 0 Å². The molecule has 0 radical (unpaired) electrons. The van der Waals surface area contributed by atoms with Gasteiger partial charge < -0.3 is 14.6 Å². The molecule has 3 rings (SSSR count). The normalized spacial score (nSPS) is 15.3. The van der Waals surface area contributed by atoms with Crippen molar-refractivity contribution >= 4 is 0 Å². The summed E-state index contributed by atoms with van der Waals surface area (Å²) in [5.41, 5.74) is 1.45. The lowest BCUT2D eigenvalue weighted by molar-refractivity contribution is -0.286. The number of ether oxygens (including phenoxy) is 2. The zero-order chi connectivity index (χ0) is 21.4. The number of aliphatic hydroxyl groups is 1. The van der Waals surface area contributed by atoms with Crippen molar-refractivity contribution in [1.82, 2.24) is 9.97 Å². The van der Waals surface area contributed by atoms with Gasteiger partial charge in [-0.3, -0.25) is 0 Å². The van der Waals surface area contributed by atoms with Crippen molar-refractivity contribution in [2.24, 2.45) is 0 Å². The number of halogens is 2. The van der Waals surface area contributed by atoms with Gasteiger partial charge >= 0.3 is 6.29 Å². The Hall–Kier alpha value is -2.28. The molecule has 0 saturated carbocycles. The maximum Gasteiger partial charge on any atom is 0.586 e. The molecule has 0 fully saturated rings. The van der Waals surface area contributed by atoms with Crippen LogP contribution in [0.4, 0.5) is 8.78 Å². The molecule has 1 N–H and O–H groups in total. The number of aliphatic hydroxyl groups excluding tert-OH is 1. The molecule has 2 heterocycles. The van der Waals surface area contributed by atoms with Gasteiger partial charge in [0.05, 0.1) is 6.61 Å². The fourth-order valence-electron chi connectivity index (χ4n) is 3.74. The lowest BCUT2D eigenvalue weighted by atomic mass is 9.91. The van der Waals surface area contributed by atoms with Crippen LogP contribution in [0.25, 0.3) is 0 Å². The van der Waals surface area contributed by atoms with Crippen LogP contribution in [-0.2, 0) is 6.61 Å². The summed E-state index contributed by atoms with van der Waals surface area (Å²) in [6.45, 7) is 2.09. The highest BCUT2D eigenvalue weighted by molar-refractivity contribution is 5.47. The predicted molar refractivity (Wildman–Crippen MR) is 110 cm³/mol. The Morgan fingerprint density at radius 1 is 0.933 bits per heavy atom. The third-order valence-corrected chi connectivity index (χ3v) is 5.39. The van der Waals surface area contributed by atoms with Crippen LogP contribution in [0.3, 0.4) is 0 Å². The fourth-order valence-corrected chi connectivity index (χ4v) is 3.74. The van der Waals surface area contributed by atoms with Gasteiger partial charge in [-0.25, -0.2) is 9.97 Å². The van der Waals surface area contributed by atoms with Gasteiger partial charge in [-0.05, 0) is 24.1 Å². The average molecular weight is 421 g/mol. The number of aromatic nitrogens is 2. The molecule has 1 unspecified atom stereocenters. The maximum absolute atomic E-state index is 13.4. The third kappa shape index (κ3) is 6.11. The monoisotopic (exact) mass is 420 g/mol. The van der Waals surface area contributed by atoms with Crippen LogP contribution < -0.4 is 9.47 Å². The van der Waals surface area contributed by atoms with Crippen LogP contribution >= 0.6 is 0 Å². The zero-order valence-electron chi connectivity index (χ0n) is 17.4. The summed E-state index contributed by atoms with van der Waals surface area (Å²) < 4.78 is 35.9. The number of hydrogen-bond donors (Lipinski definition) is 1. The standard InChI is InChI=1S/C23H30F2N2O3/c1-2-3-4-5-6-7-8-9-10-19(22-26-14-17(16-28)15-27-22)18-11-12-20-21(13-18)30-23(24,25)29-20/h11-15,19,28H,2-10,16H2,1H3. The minimum Gasteiger partial charge on any atom is -0.395 e. The van der Waals surface area contributed by atoms with E-state index in [0.29, 0.717) is 11.4 Å². The van der Waals surface area contributed by atoms with E-state index in [0.717, 1.165) is 24.8 Å². The quantitative estimate of drug-likeness (QED) is 0.430. The first kappa shape index (κ1) is 22.4. The molecule has 7 heteroatoms. The van der Waals surface area contributed by atoms with Gasteiger partial charge in [0.15, 0.2) is 11.5 Å². The molecule has 164 valence electrons. The van der Waals surface area contributed by atoms with Gasteiger partial charge in [0.25, 0.3) is 0 Å². The van der Waals surface area contributed by atoms with E-state index in [2.05, 4.69) is 26.4 Å². The molecule has 1 atom stereocenters. The van der Waals surface area contributed by atoms with E-state index in [9.17, 15) is 13.9 Å². The number of alkyl halides is 2. The average Bonchev–Trinajstić information content (AvgIpc) is 3.06. The van der Waals surface area contributed by atoms with E-state index in [1.54, 1.807) is 24.5 Å². The molecule has 30 heavy (non-hydrogen) atoms. The van der Waals surface area contributed by atoms with Crippen LogP contribution in [0.15, 0.2) is 30.6 Å². The minimum absolute atomic E-state index is 0.0328. The van der Waals surface area contributed by atoms with Crippen molar-refractivity contribution in [2.45, 2.75) is 83.5 Å². The zero-order valence-corrected chi connectivity index (χ0v) is 17.4. The Morgan fingerprint density at radius 3 is 2.23 bits per heavy atom. The first-order chi connectivity index (χ1) is 14.5. The number of benzene rings is 1. The van der Waals surface area contributed by atoms with Crippen molar-refractivity contribution in [1.29, 1.82) is 0 Å². The van der Waals surface area contributed by atoms with Crippen molar-refractivity contribution in [2.75, 3.05) is 0 Å². The Bertz CT molecular complexity index is 800. The summed E-state index contributed by atoms with van der Waals surface area (Å²) in [7, 11) is 0. The van der Waals surface area contributed by atoms with Crippen LogP contribution in [-0.4, -0.2) is 21.4 Å². The van der Waals surface area contributed by atoms with Gasteiger partial charge in [-0.2, -0.15) is 0 Å². The summed E-state index contributed by atoms with van der Waals surface area (Å²) in [6, 6.07) is 4.87. The van der Waals surface area contributed by atoms with E-state index in [-0.39, 0.29) is 24.0 Å². The Balaban J connectivity index is 1.66. The Morgan fingerprint density at radius 2 is 1.57 bits per heavy atom. The summed E-state index contributed by atoms with van der Waals surface area (Å²) in [6.07, 6.45) is 10.0. The van der Waals surface area contributed by atoms with Crippen LogP contribution in [0.1, 0.15) is 87.6 Å². The van der Waals surface area contributed by atoms with Crippen LogP contribution in [0, 0.1) is 0 Å². The first-order valence-electron chi connectivity index (χ1n) is 10.8. The maximum atomic E-state index is 13.4. The second kappa shape index (κ2) is 10.7. The van der Waals surface area contributed by atoms with Crippen molar-refractivity contribution in [3.05, 3.63) is 47.5 Å². The second-order valence-corrected chi connectivity index (χ2v) is 7.80. The highest BCUT2D eigenvalue weighted by Gasteiger charge is 2.43. The molecule has 1 aromatic heterocycles. The van der Waals surface area contributed by atoms with Crippen LogP contribution in [0.5, 0.6) is 11.5 Å². The Kier molecular flexibility index (Phi) is 7.96. The third-order valence-electron chi connectivity index (χ3n) is 5.39. The summed E-state index contributed by atoms with van der Waals surface area (Å²) in [4.78, 5) is 8.81. The molecular formula is C23H30F2N2O3. The molecule has 1 aromatic carbocycles. The van der Waals surface area contributed by atoms with Crippen molar-refractivity contribution in [3.63, 3.8) is 0 Å². The topological polar surface area (TPSA) is 64.5 Å². The number of fused-ring (bicyclic) bond motifs is 1. The SMILES string of the molecule is CCCCCCCCCCC(c1ccc2c(c1)OC(F)(F)O2)c1ncc(CO)cn1. The van der Waals surface area contributed by atoms with Gasteiger partial charge in [0.1, 0.15) is 5.82 Å². The largest absolute Gasteiger partial charge is 0.586 e. The van der Waals surface area contributed by atoms with Crippen molar-refractivity contribution in [3.8, 4) is 11.5 Å². The second-order valence-electron chi connectivity index (χ2n) is 7.80. The lowest BCUT2D eigenvalue weighted by Crippen LogP contribution is -2.25. The van der Waals surface area contributed by atoms with E-state index >= 15 is 0 Å². The summed E-state index contributed by atoms with van der Waals surface area (Å²) in [5, 5.41) is 9.24. The molecule has 0 saturated heterocycles. The minimum atomic E-state index is -3.63. The number of hydrogen-bond acceptors (Lipinski definition) is 5. The van der Waals surface area contributed by atoms with Gasteiger partial charge in [-0.1, -0.05) is 64.4 Å².